The van der Waals surface area contributed by atoms with E-state index >= 15 is 0 Å². The van der Waals surface area contributed by atoms with Gasteiger partial charge in [-0.05, 0) is 48.5 Å². The molecular formula is C18H33N7. The lowest BCUT2D eigenvalue weighted by molar-refractivity contribution is 0.182. The van der Waals surface area contributed by atoms with Crippen LogP contribution in [-0.4, -0.2) is 56.1 Å². The highest BCUT2D eigenvalue weighted by molar-refractivity contribution is 5.84. The lowest BCUT2D eigenvalue weighted by atomic mass is 10.2. The summed E-state index contributed by atoms with van der Waals surface area (Å²) in [4.78, 5) is 16.3. The Hall–Kier alpha value is -1.89. The van der Waals surface area contributed by atoms with E-state index in [2.05, 4.69) is 76.6 Å². The monoisotopic (exact) mass is 347 g/mol. The second-order valence-electron chi connectivity index (χ2n) is 7.20. The molecule has 2 heterocycles. The summed E-state index contributed by atoms with van der Waals surface area (Å²) in [6.45, 7) is 17.8. The number of imidazole rings is 1. The van der Waals surface area contributed by atoms with Gasteiger partial charge in [0.05, 0.1) is 6.33 Å². The predicted octanol–water partition coefficient (Wildman–Crippen LogP) is 3.37. The van der Waals surface area contributed by atoms with Gasteiger partial charge in [-0.15, -0.1) is 0 Å². The minimum absolute atomic E-state index is 0.305. The van der Waals surface area contributed by atoms with E-state index in [0.717, 1.165) is 36.6 Å². The molecule has 0 saturated carbocycles. The van der Waals surface area contributed by atoms with Gasteiger partial charge in [-0.2, -0.15) is 9.97 Å². The molecule has 0 saturated heterocycles. The first-order chi connectivity index (χ1) is 11.8. The van der Waals surface area contributed by atoms with Crippen LogP contribution in [0.25, 0.3) is 11.2 Å². The van der Waals surface area contributed by atoms with E-state index in [1.54, 1.807) is 0 Å². The minimum Gasteiger partial charge on any atom is -0.367 e. The Morgan fingerprint density at radius 1 is 1.04 bits per heavy atom. The molecule has 0 unspecified atom stereocenters. The summed E-state index contributed by atoms with van der Waals surface area (Å²) in [7, 11) is 0. The average molecular weight is 348 g/mol. The Balaban J connectivity index is 2.24. The standard InChI is InChI=1S/C18H33N7/c1-8-19-18-22-16(20-9-10-24(12(2)3)13(4)5)15-17(23-18)25(11-21-15)14(6)7/h11-14H,8-10H2,1-7H3,(H2,19,20,22,23). The zero-order valence-electron chi connectivity index (χ0n) is 16.7. The molecular weight excluding hydrogens is 314 g/mol. The van der Waals surface area contributed by atoms with Crippen LogP contribution in [0.2, 0.25) is 0 Å². The number of hydrogen-bond donors (Lipinski definition) is 2. The van der Waals surface area contributed by atoms with Gasteiger partial charge < -0.3 is 15.2 Å². The average Bonchev–Trinajstić information content (AvgIpc) is 2.95. The maximum absolute atomic E-state index is 4.63. The van der Waals surface area contributed by atoms with E-state index in [-0.39, 0.29) is 0 Å². The van der Waals surface area contributed by atoms with E-state index in [0.29, 0.717) is 24.1 Å². The van der Waals surface area contributed by atoms with Crippen LogP contribution in [0, 0.1) is 0 Å². The molecule has 0 aliphatic carbocycles. The summed E-state index contributed by atoms with van der Waals surface area (Å²) in [5.41, 5.74) is 1.70. The van der Waals surface area contributed by atoms with Crippen LogP contribution in [0.3, 0.4) is 0 Å². The third kappa shape index (κ3) is 4.60. The van der Waals surface area contributed by atoms with Crippen LogP contribution >= 0.6 is 0 Å². The lowest BCUT2D eigenvalue weighted by Gasteiger charge is -2.30. The number of fused-ring (bicyclic) bond motifs is 1. The molecule has 2 N–H and O–H groups in total. The van der Waals surface area contributed by atoms with Crippen molar-refractivity contribution in [1.29, 1.82) is 0 Å². The van der Waals surface area contributed by atoms with Gasteiger partial charge in [0.15, 0.2) is 17.0 Å². The van der Waals surface area contributed by atoms with Gasteiger partial charge in [0, 0.05) is 37.8 Å². The van der Waals surface area contributed by atoms with Gasteiger partial charge in [0.2, 0.25) is 5.95 Å². The molecule has 0 atom stereocenters. The quantitative estimate of drug-likeness (QED) is 0.725. The molecule has 0 bridgehead atoms. The van der Waals surface area contributed by atoms with Crippen molar-refractivity contribution in [1.82, 2.24) is 24.4 Å². The number of nitrogens with zero attached hydrogens (tertiary/aromatic N) is 5. The van der Waals surface area contributed by atoms with Crippen LogP contribution in [0.5, 0.6) is 0 Å². The fourth-order valence-corrected chi connectivity index (χ4v) is 3.07. The molecule has 25 heavy (non-hydrogen) atoms. The van der Waals surface area contributed by atoms with Crippen molar-refractivity contribution in [2.75, 3.05) is 30.3 Å². The summed E-state index contributed by atoms with van der Waals surface area (Å²) in [5, 5.41) is 6.69. The Bertz CT molecular complexity index is 667. The zero-order valence-corrected chi connectivity index (χ0v) is 16.7. The molecule has 7 heteroatoms. The number of aromatic nitrogens is 4. The van der Waals surface area contributed by atoms with Gasteiger partial charge >= 0.3 is 0 Å². The summed E-state index contributed by atoms with van der Waals surface area (Å²) in [6, 6.07) is 1.34. The van der Waals surface area contributed by atoms with Crippen molar-refractivity contribution < 1.29 is 0 Å². The molecule has 0 radical (unpaired) electrons. The van der Waals surface area contributed by atoms with Crippen LogP contribution < -0.4 is 10.6 Å². The molecule has 0 aliphatic rings. The van der Waals surface area contributed by atoms with Crippen LogP contribution in [-0.2, 0) is 0 Å². The Kier molecular flexibility index (Phi) is 6.58. The predicted molar refractivity (Wildman–Crippen MR) is 105 cm³/mol. The Labute approximate surface area is 151 Å². The summed E-state index contributed by atoms with van der Waals surface area (Å²) < 4.78 is 2.08. The number of anilines is 2. The van der Waals surface area contributed by atoms with Gasteiger partial charge in [0.1, 0.15) is 0 Å². The first-order valence-corrected chi connectivity index (χ1v) is 9.33. The van der Waals surface area contributed by atoms with Gasteiger partial charge in [-0.3, -0.25) is 4.90 Å². The zero-order chi connectivity index (χ0) is 18.6. The second kappa shape index (κ2) is 8.47. The van der Waals surface area contributed by atoms with Crippen LogP contribution in [0.4, 0.5) is 11.8 Å². The van der Waals surface area contributed by atoms with Crippen molar-refractivity contribution >= 4 is 22.9 Å². The maximum atomic E-state index is 4.63. The summed E-state index contributed by atoms with van der Waals surface area (Å²) in [6.07, 6.45) is 1.85. The molecule has 0 fully saturated rings. The van der Waals surface area contributed by atoms with E-state index in [4.69, 9.17) is 0 Å². The fraction of sp³-hybridized carbons (Fsp3) is 0.722. The molecule has 2 aromatic heterocycles. The molecule has 7 nitrogen and oxygen atoms in total. The van der Waals surface area contributed by atoms with Crippen molar-refractivity contribution in [2.45, 2.75) is 66.6 Å². The second-order valence-corrected chi connectivity index (χ2v) is 7.20. The third-order valence-corrected chi connectivity index (χ3v) is 4.30. The van der Waals surface area contributed by atoms with E-state index in [1.807, 2.05) is 13.3 Å². The van der Waals surface area contributed by atoms with E-state index in [9.17, 15) is 0 Å². The Morgan fingerprint density at radius 3 is 2.28 bits per heavy atom. The fourth-order valence-electron chi connectivity index (χ4n) is 3.07. The highest BCUT2D eigenvalue weighted by Gasteiger charge is 2.16. The SMILES string of the molecule is CCNc1nc(NCCN(C(C)C)C(C)C)c2ncn(C(C)C)c2n1. The first-order valence-electron chi connectivity index (χ1n) is 9.33. The highest BCUT2D eigenvalue weighted by atomic mass is 15.2. The minimum atomic E-state index is 0.305. The van der Waals surface area contributed by atoms with Crippen molar-refractivity contribution in [3.8, 4) is 0 Å². The summed E-state index contributed by atoms with van der Waals surface area (Å²) in [5.74, 6) is 1.44. The van der Waals surface area contributed by atoms with Crippen LogP contribution in [0.15, 0.2) is 6.33 Å². The van der Waals surface area contributed by atoms with E-state index in [1.165, 1.54) is 0 Å². The van der Waals surface area contributed by atoms with E-state index < -0.39 is 0 Å². The molecule has 0 aromatic carbocycles. The maximum Gasteiger partial charge on any atom is 0.226 e. The lowest BCUT2D eigenvalue weighted by Crippen LogP contribution is -2.40. The Morgan fingerprint density at radius 2 is 1.72 bits per heavy atom. The smallest absolute Gasteiger partial charge is 0.226 e. The normalized spacial score (nSPS) is 12.1. The highest BCUT2D eigenvalue weighted by Crippen LogP contribution is 2.23. The third-order valence-electron chi connectivity index (χ3n) is 4.30. The van der Waals surface area contributed by atoms with Gasteiger partial charge in [-0.1, -0.05) is 0 Å². The molecule has 140 valence electrons. The van der Waals surface area contributed by atoms with Gasteiger partial charge in [-0.25, -0.2) is 4.98 Å². The largest absolute Gasteiger partial charge is 0.367 e. The molecule has 0 amide bonds. The molecule has 2 aromatic rings. The van der Waals surface area contributed by atoms with Crippen molar-refractivity contribution in [3.05, 3.63) is 6.33 Å². The van der Waals surface area contributed by atoms with Crippen LogP contribution in [0.1, 0.15) is 54.5 Å². The summed E-state index contributed by atoms with van der Waals surface area (Å²) >= 11 is 0. The number of nitrogens with one attached hydrogen (secondary N) is 2. The topological polar surface area (TPSA) is 70.9 Å². The van der Waals surface area contributed by atoms with Crippen molar-refractivity contribution in [3.63, 3.8) is 0 Å². The van der Waals surface area contributed by atoms with Crippen molar-refractivity contribution in [2.24, 2.45) is 0 Å². The molecule has 0 spiro atoms. The number of rotatable bonds is 9. The molecule has 0 aliphatic heterocycles. The first kappa shape index (κ1) is 19.4. The molecule has 2 rings (SSSR count). The van der Waals surface area contributed by atoms with Gasteiger partial charge in [0.25, 0.3) is 0 Å². The number of hydrogen-bond acceptors (Lipinski definition) is 6.